The first-order valence-corrected chi connectivity index (χ1v) is 10.3. The van der Waals surface area contributed by atoms with Crippen LogP contribution in [0.3, 0.4) is 0 Å². The van der Waals surface area contributed by atoms with Crippen LogP contribution in [0.2, 0.25) is 5.02 Å². The molecular weight excluding hydrogens is 364 g/mol. The molecule has 3 saturated carbocycles. The van der Waals surface area contributed by atoms with E-state index in [0.29, 0.717) is 10.7 Å². The lowest BCUT2D eigenvalue weighted by Crippen LogP contribution is -2.59. The summed E-state index contributed by atoms with van der Waals surface area (Å²) in [5, 5.41) is 12.8. The fourth-order valence-electron chi connectivity index (χ4n) is 4.33. The van der Waals surface area contributed by atoms with E-state index in [2.05, 4.69) is 21.3 Å². The first kappa shape index (κ1) is 18.4. The molecule has 4 N–H and O–H groups in total. The topological polar surface area (TPSA) is 82.3 Å². The molecule has 0 unspecified atom stereocenters. The highest BCUT2D eigenvalue weighted by Gasteiger charge is 2.67. The molecule has 3 aliphatic rings. The van der Waals surface area contributed by atoms with Crippen molar-refractivity contribution in [2.24, 2.45) is 0 Å². The van der Waals surface area contributed by atoms with E-state index in [1.165, 1.54) is 19.3 Å². The van der Waals surface area contributed by atoms with Gasteiger partial charge in [-0.15, -0.1) is 0 Å². The molecule has 3 fully saturated rings. The summed E-state index contributed by atoms with van der Waals surface area (Å²) in [5.41, 5.74) is 0.0143. The van der Waals surface area contributed by atoms with Gasteiger partial charge in [0.25, 0.3) is 0 Å². The molecule has 0 atom stereocenters. The van der Waals surface area contributed by atoms with Crippen molar-refractivity contribution in [1.29, 1.82) is 0 Å². The SMILES string of the molecule is O=C(Nc1cccc(Cl)c1)NC1(C2(NC(=O)NC3CCCCC3)CC2)CC1. The number of carbonyl (C=O) groups is 2. The van der Waals surface area contributed by atoms with Gasteiger partial charge in [0.05, 0.1) is 11.1 Å². The Bertz CT molecular complexity index is 724. The Balaban J connectivity index is 1.32. The van der Waals surface area contributed by atoms with Gasteiger partial charge in [-0.3, -0.25) is 0 Å². The fourth-order valence-corrected chi connectivity index (χ4v) is 4.52. The Morgan fingerprint density at radius 3 is 2.15 bits per heavy atom. The van der Waals surface area contributed by atoms with Crippen LogP contribution in [0, 0.1) is 0 Å². The molecule has 0 radical (unpaired) electrons. The number of carbonyl (C=O) groups excluding carboxylic acids is 2. The smallest absolute Gasteiger partial charge is 0.319 e. The van der Waals surface area contributed by atoms with Crippen LogP contribution in [0.4, 0.5) is 15.3 Å². The average Bonchev–Trinajstić information content (AvgIpc) is 3.53. The van der Waals surface area contributed by atoms with E-state index in [1.807, 2.05) is 0 Å². The average molecular weight is 391 g/mol. The highest BCUT2D eigenvalue weighted by molar-refractivity contribution is 6.30. The van der Waals surface area contributed by atoms with Gasteiger partial charge in [-0.05, 0) is 56.7 Å². The molecule has 3 aliphatic carbocycles. The van der Waals surface area contributed by atoms with Gasteiger partial charge in [0, 0.05) is 16.8 Å². The van der Waals surface area contributed by atoms with Gasteiger partial charge in [-0.25, -0.2) is 9.59 Å². The van der Waals surface area contributed by atoms with E-state index in [-0.39, 0.29) is 29.2 Å². The molecular formula is C20H27ClN4O2. The Kier molecular flexibility index (Phi) is 4.93. The second-order valence-electron chi connectivity index (χ2n) is 8.19. The third-order valence-corrected chi connectivity index (χ3v) is 6.38. The zero-order valence-corrected chi connectivity index (χ0v) is 16.2. The predicted molar refractivity (Wildman–Crippen MR) is 106 cm³/mol. The largest absolute Gasteiger partial charge is 0.335 e. The molecule has 0 aliphatic heterocycles. The quantitative estimate of drug-likeness (QED) is 0.608. The lowest BCUT2D eigenvalue weighted by Gasteiger charge is -2.31. The molecule has 0 saturated heterocycles. The van der Waals surface area contributed by atoms with E-state index in [9.17, 15) is 9.59 Å². The number of hydrogen-bond donors (Lipinski definition) is 4. The second kappa shape index (κ2) is 7.23. The van der Waals surface area contributed by atoms with Crippen LogP contribution in [0.25, 0.3) is 0 Å². The summed E-state index contributed by atoms with van der Waals surface area (Å²) in [6.45, 7) is 0. The number of amides is 4. The fraction of sp³-hybridized carbons (Fsp3) is 0.600. The zero-order valence-electron chi connectivity index (χ0n) is 15.4. The van der Waals surface area contributed by atoms with Crippen molar-refractivity contribution in [3.63, 3.8) is 0 Å². The molecule has 4 amide bonds. The van der Waals surface area contributed by atoms with E-state index in [1.54, 1.807) is 24.3 Å². The monoisotopic (exact) mass is 390 g/mol. The van der Waals surface area contributed by atoms with Gasteiger partial charge in [-0.1, -0.05) is 36.9 Å². The summed E-state index contributed by atoms with van der Waals surface area (Å²) in [7, 11) is 0. The number of nitrogens with one attached hydrogen (secondary N) is 4. The minimum Gasteiger partial charge on any atom is -0.335 e. The van der Waals surface area contributed by atoms with Crippen LogP contribution >= 0.6 is 11.6 Å². The van der Waals surface area contributed by atoms with Crippen LogP contribution in [-0.4, -0.2) is 29.2 Å². The highest BCUT2D eigenvalue weighted by Crippen LogP contribution is 2.57. The summed E-state index contributed by atoms with van der Waals surface area (Å²) in [6, 6.07) is 7.00. The summed E-state index contributed by atoms with van der Waals surface area (Å²) in [4.78, 5) is 25.0. The molecule has 0 bridgehead atoms. The molecule has 0 aromatic heterocycles. The second-order valence-corrected chi connectivity index (χ2v) is 8.62. The van der Waals surface area contributed by atoms with Crippen LogP contribution < -0.4 is 21.3 Å². The molecule has 146 valence electrons. The van der Waals surface area contributed by atoms with Crippen molar-refractivity contribution in [2.75, 3.05) is 5.32 Å². The van der Waals surface area contributed by atoms with Crippen molar-refractivity contribution >= 4 is 29.4 Å². The molecule has 0 spiro atoms. The number of hydrogen-bond acceptors (Lipinski definition) is 2. The van der Waals surface area contributed by atoms with Crippen LogP contribution in [-0.2, 0) is 0 Å². The summed E-state index contributed by atoms with van der Waals surface area (Å²) in [5.74, 6) is 0. The van der Waals surface area contributed by atoms with E-state index >= 15 is 0 Å². The van der Waals surface area contributed by atoms with E-state index < -0.39 is 0 Å². The maximum atomic E-state index is 12.5. The van der Waals surface area contributed by atoms with Crippen molar-refractivity contribution in [2.45, 2.75) is 74.9 Å². The normalized spacial score (nSPS) is 22.4. The van der Waals surface area contributed by atoms with Crippen molar-refractivity contribution in [3.8, 4) is 0 Å². The number of urea groups is 2. The van der Waals surface area contributed by atoms with Crippen LogP contribution in [0.1, 0.15) is 57.8 Å². The molecule has 0 heterocycles. The minimum atomic E-state index is -0.334. The van der Waals surface area contributed by atoms with Crippen molar-refractivity contribution < 1.29 is 9.59 Å². The number of halogens is 1. The standard InChI is InChI=1S/C20H27ClN4O2/c21-14-5-4-8-16(13-14)23-18(27)25-20(11-12-20)19(9-10-19)24-17(26)22-15-6-2-1-3-7-15/h4-5,8,13,15H,1-3,6-7,9-12H2,(H2,22,24,26)(H2,23,25,27). The summed E-state index contributed by atoms with van der Waals surface area (Å²) >= 11 is 5.97. The molecule has 7 heteroatoms. The van der Waals surface area contributed by atoms with Crippen molar-refractivity contribution in [1.82, 2.24) is 16.0 Å². The van der Waals surface area contributed by atoms with Gasteiger partial charge < -0.3 is 21.3 Å². The maximum absolute atomic E-state index is 12.5. The molecule has 6 nitrogen and oxygen atoms in total. The van der Waals surface area contributed by atoms with Gasteiger partial charge in [-0.2, -0.15) is 0 Å². The maximum Gasteiger partial charge on any atom is 0.319 e. The van der Waals surface area contributed by atoms with Gasteiger partial charge >= 0.3 is 12.1 Å². The molecule has 27 heavy (non-hydrogen) atoms. The lowest BCUT2D eigenvalue weighted by molar-refractivity contribution is 0.217. The minimum absolute atomic E-state index is 0.0947. The summed E-state index contributed by atoms with van der Waals surface area (Å²) < 4.78 is 0. The lowest BCUT2D eigenvalue weighted by atomic mass is 9.95. The molecule has 4 rings (SSSR count). The molecule has 1 aromatic rings. The Morgan fingerprint density at radius 2 is 1.56 bits per heavy atom. The first-order valence-electron chi connectivity index (χ1n) is 9.94. The number of anilines is 1. The van der Waals surface area contributed by atoms with Crippen molar-refractivity contribution in [3.05, 3.63) is 29.3 Å². The van der Waals surface area contributed by atoms with Gasteiger partial charge in [0.2, 0.25) is 0 Å². The Labute approximate surface area is 164 Å². The van der Waals surface area contributed by atoms with Gasteiger partial charge in [0.1, 0.15) is 0 Å². The summed E-state index contributed by atoms with van der Waals surface area (Å²) in [6.07, 6.45) is 9.34. The van der Waals surface area contributed by atoms with Crippen LogP contribution in [0.5, 0.6) is 0 Å². The highest BCUT2D eigenvalue weighted by atomic mass is 35.5. The third-order valence-electron chi connectivity index (χ3n) is 6.14. The number of benzene rings is 1. The number of rotatable bonds is 5. The Morgan fingerprint density at radius 1 is 0.926 bits per heavy atom. The van der Waals surface area contributed by atoms with E-state index in [0.717, 1.165) is 38.5 Å². The van der Waals surface area contributed by atoms with E-state index in [4.69, 9.17) is 11.6 Å². The third kappa shape index (κ3) is 4.15. The van der Waals surface area contributed by atoms with Gasteiger partial charge in [0.15, 0.2) is 0 Å². The zero-order chi connectivity index (χ0) is 18.9. The molecule has 1 aromatic carbocycles. The Hall–Kier alpha value is -1.95. The predicted octanol–water partition coefficient (Wildman–Crippen LogP) is 4.16. The first-order chi connectivity index (χ1) is 13.0. The van der Waals surface area contributed by atoms with Crippen LogP contribution in [0.15, 0.2) is 24.3 Å².